The van der Waals surface area contributed by atoms with E-state index < -0.39 is 15.6 Å². The summed E-state index contributed by atoms with van der Waals surface area (Å²) >= 11 is 1.45. The van der Waals surface area contributed by atoms with Crippen LogP contribution in [0.4, 0.5) is 0 Å². The lowest BCUT2D eigenvalue weighted by Crippen LogP contribution is -2.38. The molecule has 2 aromatic heterocycles. The first-order valence-corrected chi connectivity index (χ1v) is 9.27. The monoisotopic (exact) mass is 351 g/mol. The molecule has 3 aromatic rings. The van der Waals surface area contributed by atoms with E-state index in [0.29, 0.717) is 4.88 Å². The van der Waals surface area contributed by atoms with Crippen LogP contribution in [0.1, 0.15) is 11.8 Å². The van der Waals surface area contributed by atoms with Crippen molar-refractivity contribution in [1.29, 1.82) is 0 Å². The third-order valence-electron chi connectivity index (χ3n) is 3.52. The van der Waals surface area contributed by atoms with E-state index in [1.165, 1.54) is 23.9 Å². The quantitative estimate of drug-likeness (QED) is 0.734. The molecule has 8 heteroatoms. The minimum absolute atomic E-state index is 0.0628. The van der Waals surface area contributed by atoms with Gasteiger partial charge in [-0.15, -0.1) is 11.3 Å². The molecule has 2 heterocycles. The molecule has 0 aliphatic carbocycles. The molecule has 0 amide bonds. The normalized spacial score (nSPS) is 14.9. The van der Waals surface area contributed by atoms with E-state index in [1.807, 2.05) is 30.3 Å². The van der Waals surface area contributed by atoms with Gasteiger partial charge in [0.15, 0.2) is 5.03 Å². The molecule has 122 valence electrons. The van der Waals surface area contributed by atoms with Gasteiger partial charge in [0.05, 0.1) is 6.33 Å². The van der Waals surface area contributed by atoms with E-state index in [9.17, 15) is 13.5 Å². The Balaban J connectivity index is 1.80. The number of imidazole rings is 1. The molecular formula is C15H17N3O3S2. The van der Waals surface area contributed by atoms with E-state index >= 15 is 0 Å². The van der Waals surface area contributed by atoms with E-state index in [-0.39, 0.29) is 11.6 Å². The Kier molecular flexibility index (Phi) is 4.01. The van der Waals surface area contributed by atoms with Crippen molar-refractivity contribution in [3.8, 4) is 0 Å². The van der Waals surface area contributed by atoms with Crippen LogP contribution in [0.25, 0.3) is 10.1 Å². The molecule has 23 heavy (non-hydrogen) atoms. The Bertz CT molecular complexity index is 909. The van der Waals surface area contributed by atoms with Crippen LogP contribution in [-0.4, -0.2) is 29.6 Å². The second-order valence-electron chi connectivity index (χ2n) is 5.62. The van der Waals surface area contributed by atoms with E-state index in [2.05, 4.69) is 9.71 Å². The van der Waals surface area contributed by atoms with Crippen molar-refractivity contribution in [2.24, 2.45) is 7.05 Å². The number of aliphatic hydroxyl groups is 1. The summed E-state index contributed by atoms with van der Waals surface area (Å²) in [7, 11) is -2.05. The van der Waals surface area contributed by atoms with Crippen LogP contribution < -0.4 is 4.72 Å². The Labute approximate surface area is 138 Å². The Morgan fingerprint density at radius 2 is 2.13 bits per heavy atom. The average Bonchev–Trinajstić information content (AvgIpc) is 3.12. The maximum absolute atomic E-state index is 12.2. The van der Waals surface area contributed by atoms with E-state index in [4.69, 9.17) is 0 Å². The highest BCUT2D eigenvalue weighted by Crippen LogP contribution is 2.33. The van der Waals surface area contributed by atoms with Gasteiger partial charge >= 0.3 is 0 Å². The predicted octanol–water partition coefficient (Wildman–Crippen LogP) is 1.82. The summed E-state index contributed by atoms with van der Waals surface area (Å²) in [5.74, 6) is 0. The number of thiophene rings is 1. The highest BCUT2D eigenvalue weighted by molar-refractivity contribution is 7.89. The van der Waals surface area contributed by atoms with Gasteiger partial charge in [0.1, 0.15) is 5.60 Å². The van der Waals surface area contributed by atoms with E-state index in [1.54, 1.807) is 18.5 Å². The molecule has 0 saturated carbocycles. The lowest BCUT2D eigenvalue weighted by Gasteiger charge is -2.21. The zero-order chi connectivity index (χ0) is 16.7. The number of hydrogen-bond acceptors (Lipinski definition) is 5. The lowest BCUT2D eigenvalue weighted by atomic mass is 10.1. The van der Waals surface area contributed by atoms with Crippen LogP contribution >= 0.6 is 11.3 Å². The molecule has 6 nitrogen and oxygen atoms in total. The highest BCUT2D eigenvalue weighted by atomic mass is 32.2. The Morgan fingerprint density at radius 3 is 2.78 bits per heavy atom. The molecule has 0 saturated heterocycles. The number of benzene rings is 1. The van der Waals surface area contributed by atoms with Gasteiger partial charge in [0.25, 0.3) is 10.0 Å². The van der Waals surface area contributed by atoms with Gasteiger partial charge in [0.2, 0.25) is 0 Å². The van der Waals surface area contributed by atoms with Gasteiger partial charge in [-0.1, -0.05) is 18.2 Å². The summed E-state index contributed by atoms with van der Waals surface area (Å²) in [5, 5.41) is 11.6. The average molecular weight is 351 g/mol. The maximum atomic E-state index is 12.2. The van der Waals surface area contributed by atoms with Crippen molar-refractivity contribution in [2.75, 3.05) is 6.54 Å². The Hall–Kier alpha value is -1.74. The van der Waals surface area contributed by atoms with Crippen molar-refractivity contribution in [1.82, 2.24) is 14.3 Å². The zero-order valence-corrected chi connectivity index (χ0v) is 14.4. The molecule has 0 aliphatic heterocycles. The summed E-state index contributed by atoms with van der Waals surface area (Å²) < 4.78 is 29.4. The largest absolute Gasteiger partial charge is 0.383 e. The second kappa shape index (κ2) is 5.72. The van der Waals surface area contributed by atoms with Crippen LogP contribution in [0, 0.1) is 0 Å². The minimum Gasteiger partial charge on any atom is -0.383 e. The number of fused-ring (bicyclic) bond motifs is 1. The highest BCUT2D eigenvalue weighted by Gasteiger charge is 2.28. The molecule has 2 N–H and O–H groups in total. The first-order chi connectivity index (χ1) is 10.8. The van der Waals surface area contributed by atoms with Gasteiger partial charge in [-0.3, -0.25) is 0 Å². The third kappa shape index (κ3) is 3.30. The van der Waals surface area contributed by atoms with Gasteiger partial charge in [-0.05, 0) is 24.4 Å². The Morgan fingerprint density at radius 1 is 1.39 bits per heavy atom. The maximum Gasteiger partial charge on any atom is 0.259 e. The topological polar surface area (TPSA) is 84.2 Å². The molecule has 1 atom stereocenters. The number of rotatable bonds is 5. The molecule has 0 radical (unpaired) electrons. The standard InChI is InChI=1S/C15H17N3O3S2/c1-15(19,13-7-11-5-3-4-6-12(11)22-13)9-17-23(20,21)14-8-18(2)10-16-14/h3-8,10,17,19H,9H2,1-2H3. The SMILES string of the molecule is Cn1cnc(S(=O)(=O)NCC(C)(O)c2cc3ccccc3s2)c1. The van der Waals surface area contributed by atoms with Crippen molar-refractivity contribution in [3.63, 3.8) is 0 Å². The van der Waals surface area contributed by atoms with Crippen molar-refractivity contribution in [2.45, 2.75) is 17.6 Å². The molecule has 3 rings (SSSR count). The fourth-order valence-corrected chi connectivity index (χ4v) is 4.39. The number of nitrogens with zero attached hydrogens (tertiary/aromatic N) is 2. The summed E-state index contributed by atoms with van der Waals surface area (Å²) in [6.07, 6.45) is 2.83. The molecular weight excluding hydrogens is 334 g/mol. The molecule has 1 aromatic carbocycles. The molecule has 1 unspecified atom stereocenters. The number of aryl methyl sites for hydroxylation is 1. The zero-order valence-electron chi connectivity index (χ0n) is 12.7. The number of hydrogen-bond donors (Lipinski definition) is 2. The van der Waals surface area contributed by atoms with Gasteiger partial charge in [0, 0.05) is 29.4 Å². The van der Waals surface area contributed by atoms with Crippen molar-refractivity contribution in [3.05, 3.63) is 47.7 Å². The van der Waals surface area contributed by atoms with Crippen LogP contribution in [0.3, 0.4) is 0 Å². The summed E-state index contributed by atoms with van der Waals surface area (Å²) in [6, 6.07) is 9.68. The molecule has 0 spiro atoms. The summed E-state index contributed by atoms with van der Waals surface area (Å²) in [5.41, 5.74) is -1.30. The fourth-order valence-electron chi connectivity index (χ4n) is 2.17. The fraction of sp³-hybridized carbons (Fsp3) is 0.267. The van der Waals surface area contributed by atoms with E-state index in [0.717, 1.165) is 10.1 Å². The first-order valence-electron chi connectivity index (χ1n) is 6.97. The summed E-state index contributed by atoms with van der Waals surface area (Å²) in [6.45, 7) is 1.47. The molecule has 0 aliphatic rings. The molecule has 0 fully saturated rings. The van der Waals surface area contributed by atoms with Crippen molar-refractivity contribution < 1.29 is 13.5 Å². The van der Waals surface area contributed by atoms with Crippen LogP contribution in [-0.2, 0) is 22.7 Å². The molecule has 0 bridgehead atoms. The predicted molar refractivity (Wildman–Crippen MR) is 89.8 cm³/mol. The number of nitrogens with one attached hydrogen (secondary N) is 1. The smallest absolute Gasteiger partial charge is 0.259 e. The number of sulfonamides is 1. The van der Waals surface area contributed by atoms with Crippen LogP contribution in [0.2, 0.25) is 0 Å². The minimum atomic E-state index is -3.75. The van der Waals surface area contributed by atoms with Gasteiger partial charge < -0.3 is 9.67 Å². The lowest BCUT2D eigenvalue weighted by molar-refractivity contribution is 0.0666. The first kappa shape index (κ1) is 16.1. The van der Waals surface area contributed by atoms with Gasteiger partial charge in [-0.2, -0.15) is 0 Å². The van der Waals surface area contributed by atoms with Gasteiger partial charge in [-0.25, -0.2) is 18.1 Å². The van der Waals surface area contributed by atoms with Crippen LogP contribution in [0.5, 0.6) is 0 Å². The van der Waals surface area contributed by atoms with Crippen molar-refractivity contribution >= 4 is 31.4 Å². The van der Waals surface area contributed by atoms with Crippen LogP contribution in [0.15, 0.2) is 47.9 Å². The number of aromatic nitrogens is 2. The summed E-state index contributed by atoms with van der Waals surface area (Å²) in [4.78, 5) is 4.54. The second-order valence-corrected chi connectivity index (χ2v) is 8.42. The third-order valence-corrected chi connectivity index (χ3v) is 6.17.